The minimum absolute atomic E-state index is 0.152. The molecule has 0 aromatic carbocycles. The van der Waals surface area contributed by atoms with Gasteiger partial charge in [-0.1, -0.05) is 58.8 Å². The van der Waals surface area contributed by atoms with E-state index < -0.39 is 12.3 Å². The molecule has 0 N–H and O–H groups in total. The van der Waals surface area contributed by atoms with E-state index in [2.05, 4.69) is 13.8 Å². The molecule has 0 radical (unpaired) electrons. The average molecular weight is 401 g/mol. The maximum Gasteiger partial charge on any atom is 0.508 e. The fourth-order valence-corrected chi connectivity index (χ4v) is 3.42. The molecular weight excluding hydrogens is 360 g/mol. The maximum absolute atomic E-state index is 11.8. The zero-order valence-electron chi connectivity index (χ0n) is 18.1. The van der Waals surface area contributed by atoms with Gasteiger partial charge in [0.15, 0.2) is 0 Å². The summed E-state index contributed by atoms with van der Waals surface area (Å²) in [7, 11) is 0. The van der Waals surface area contributed by atoms with Gasteiger partial charge in [0.05, 0.1) is 13.2 Å². The van der Waals surface area contributed by atoms with Crippen molar-refractivity contribution in [3.8, 4) is 0 Å². The van der Waals surface area contributed by atoms with Crippen molar-refractivity contribution < 1.29 is 28.5 Å². The van der Waals surface area contributed by atoms with Crippen molar-refractivity contribution in [3.05, 3.63) is 0 Å². The molecule has 0 heterocycles. The highest BCUT2D eigenvalue weighted by molar-refractivity contribution is 5.60. The van der Waals surface area contributed by atoms with E-state index in [1.165, 1.54) is 38.5 Å². The van der Waals surface area contributed by atoms with Crippen molar-refractivity contribution in [1.29, 1.82) is 0 Å². The van der Waals surface area contributed by atoms with Gasteiger partial charge < -0.3 is 18.9 Å². The highest BCUT2D eigenvalue weighted by Crippen LogP contribution is 2.24. The van der Waals surface area contributed by atoms with Crippen LogP contribution in [0.15, 0.2) is 0 Å². The van der Waals surface area contributed by atoms with Gasteiger partial charge in [0.1, 0.15) is 12.2 Å². The Morgan fingerprint density at radius 3 is 1.71 bits per heavy atom. The zero-order valence-corrected chi connectivity index (χ0v) is 18.1. The molecule has 0 bridgehead atoms. The van der Waals surface area contributed by atoms with E-state index >= 15 is 0 Å². The molecule has 6 heteroatoms. The maximum atomic E-state index is 11.8. The van der Waals surface area contributed by atoms with Crippen LogP contribution in [-0.2, 0) is 18.9 Å². The van der Waals surface area contributed by atoms with Crippen molar-refractivity contribution in [3.63, 3.8) is 0 Å². The van der Waals surface area contributed by atoms with Gasteiger partial charge in [-0.3, -0.25) is 0 Å². The zero-order chi connectivity index (χ0) is 20.6. The Kier molecular flexibility index (Phi) is 13.6. The topological polar surface area (TPSA) is 71.1 Å². The first-order chi connectivity index (χ1) is 13.5. The van der Waals surface area contributed by atoms with E-state index in [1.54, 1.807) is 6.92 Å². The van der Waals surface area contributed by atoms with Gasteiger partial charge in [-0.2, -0.15) is 0 Å². The van der Waals surface area contributed by atoms with E-state index in [-0.39, 0.29) is 12.2 Å². The lowest BCUT2D eigenvalue weighted by Gasteiger charge is -2.27. The molecule has 0 unspecified atom stereocenters. The van der Waals surface area contributed by atoms with Crippen LogP contribution in [0.2, 0.25) is 0 Å². The molecule has 0 amide bonds. The second-order valence-electron chi connectivity index (χ2n) is 8.07. The van der Waals surface area contributed by atoms with Gasteiger partial charge in [-0.25, -0.2) is 9.59 Å². The van der Waals surface area contributed by atoms with Crippen LogP contribution in [0.5, 0.6) is 0 Å². The monoisotopic (exact) mass is 400 g/mol. The summed E-state index contributed by atoms with van der Waals surface area (Å²) in [6.07, 6.45) is 10.9. The summed E-state index contributed by atoms with van der Waals surface area (Å²) < 4.78 is 20.5. The Hall–Kier alpha value is -1.46. The third-order valence-electron chi connectivity index (χ3n) is 5.05. The first kappa shape index (κ1) is 24.6. The summed E-state index contributed by atoms with van der Waals surface area (Å²) in [5.74, 6) is 0.810. The molecule has 1 aliphatic carbocycles. The standard InChI is InChI=1S/C22H40O6/c1-4-25-21(23)27-19-13-15-20(16-14-19)28-22(24)26-17-11-9-7-5-6-8-10-12-18(2)3/h18-20H,4-17H2,1-3H3. The lowest BCUT2D eigenvalue weighted by atomic mass is 9.95. The molecule has 0 saturated heterocycles. The number of carbonyl (C=O) groups excluding carboxylic acids is 2. The van der Waals surface area contributed by atoms with Gasteiger partial charge >= 0.3 is 12.3 Å². The van der Waals surface area contributed by atoms with E-state index in [4.69, 9.17) is 18.9 Å². The van der Waals surface area contributed by atoms with Gasteiger partial charge in [0.25, 0.3) is 0 Å². The minimum Gasteiger partial charge on any atom is -0.435 e. The van der Waals surface area contributed by atoms with Crippen LogP contribution < -0.4 is 0 Å². The molecular formula is C22H40O6. The Labute approximate surface area is 170 Å². The van der Waals surface area contributed by atoms with Crippen LogP contribution >= 0.6 is 0 Å². The number of hydrogen-bond acceptors (Lipinski definition) is 6. The lowest BCUT2D eigenvalue weighted by molar-refractivity contribution is -0.0260. The molecule has 0 aromatic heterocycles. The Morgan fingerprint density at radius 2 is 1.21 bits per heavy atom. The number of carbonyl (C=O) groups is 2. The van der Waals surface area contributed by atoms with Crippen molar-refractivity contribution >= 4 is 12.3 Å². The van der Waals surface area contributed by atoms with Crippen LogP contribution in [0.4, 0.5) is 9.59 Å². The summed E-state index contributed by atoms with van der Waals surface area (Å²) in [5, 5.41) is 0. The highest BCUT2D eigenvalue weighted by Gasteiger charge is 2.27. The van der Waals surface area contributed by atoms with E-state index in [9.17, 15) is 9.59 Å². The molecule has 0 aliphatic heterocycles. The van der Waals surface area contributed by atoms with E-state index in [0.29, 0.717) is 38.9 Å². The quantitative estimate of drug-likeness (QED) is 0.263. The van der Waals surface area contributed by atoms with Gasteiger partial charge in [0.2, 0.25) is 0 Å². The molecule has 164 valence electrons. The fourth-order valence-electron chi connectivity index (χ4n) is 3.42. The number of hydrogen-bond donors (Lipinski definition) is 0. The number of ether oxygens (including phenoxy) is 4. The van der Waals surface area contributed by atoms with Crippen LogP contribution in [0.25, 0.3) is 0 Å². The SMILES string of the molecule is CCOC(=O)OC1CCC(OC(=O)OCCCCCCCCCC(C)C)CC1. The van der Waals surface area contributed by atoms with Crippen LogP contribution in [0.3, 0.4) is 0 Å². The second kappa shape index (κ2) is 15.5. The van der Waals surface area contributed by atoms with E-state index in [0.717, 1.165) is 18.8 Å². The molecule has 0 atom stereocenters. The molecule has 1 rings (SSSR count). The molecule has 1 fully saturated rings. The largest absolute Gasteiger partial charge is 0.508 e. The molecule has 0 spiro atoms. The average Bonchev–Trinajstić information content (AvgIpc) is 2.65. The Balaban J connectivity index is 1.94. The smallest absolute Gasteiger partial charge is 0.435 e. The second-order valence-corrected chi connectivity index (χ2v) is 8.07. The molecule has 1 saturated carbocycles. The molecule has 6 nitrogen and oxygen atoms in total. The van der Waals surface area contributed by atoms with Crippen LogP contribution in [0.1, 0.15) is 97.8 Å². The fraction of sp³-hybridized carbons (Fsp3) is 0.909. The summed E-state index contributed by atoms with van der Waals surface area (Å²) in [5.41, 5.74) is 0. The molecule has 28 heavy (non-hydrogen) atoms. The minimum atomic E-state index is -0.623. The summed E-state index contributed by atoms with van der Waals surface area (Å²) in [6.45, 7) is 7.02. The number of rotatable bonds is 13. The van der Waals surface area contributed by atoms with Gasteiger partial charge in [0, 0.05) is 0 Å². The van der Waals surface area contributed by atoms with Gasteiger partial charge in [-0.05, 0) is 44.9 Å². The van der Waals surface area contributed by atoms with Crippen LogP contribution in [0, 0.1) is 5.92 Å². The Morgan fingerprint density at radius 1 is 0.750 bits per heavy atom. The molecule has 1 aliphatic rings. The van der Waals surface area contributed by atoms with Crippen molar-refractivity contribution in [1.82, 2.24) is 0 Å². The Bertz CT molecular complexity index is 415. The number of unbranched alkanes of at least 4 members (excludes halogenated alkanes) is 6. The van der Waals surface area contributed by atoms with Crippen LogP contribution in [-0.4, -0.2) is 37.7 Å². The van der Waals surface area contributed by atoms with Crippen molar-refractivity contribution in [2.24, 2.45) is 5.92 Å². The van der Waals surface area contributed by atoms with Crippen molar-refractivity contribution in [2.45, 2.75) is 110 Å². The van der Waals surface area contributed by atoms with Crippen molar-refractivity contribution in [2.75, 3.05) is 13.2 Å². The summed E-state index contributed by atoms with van der Waals surface area (Å²) in [6, 6.07) is 0. The summed E-state index contributed by atoms with van der Waals surface area (Å²) >= 11 is 0. The van der Waals surface area contributed by atoms with Gasteiger partial charge in [-0.15, -0.1) is 0 Å². The highest BCUT2D eigenvalue weighted by atomic mass is 16.7. The summed E-state index contributed by atoms with van der Waals surface area (Å²) in [4.78, 5) is 23.1. The first-order valence-electron chi connectivity index (χ1n) is 11.2. The predicted octanol–water partition coefficient (Wildman–Crippen LogP) is 6.40. The normalized spacial score (nSPS) is 19.3. The van der Waals surface area contributed by atoms with E-state index in [1.807, 2.05) is 0 Å². The first-order valence-corrected chi connectivity index (χ1v) is 11.2. The predicted molar refractivity (Wildman–Crippen MR) is 108 cm³/mol. The third-order valence-corrected chi connectivity index (χ3v) is 5.05. The molecule has 0 aromatic rings. The lowest BCUT2D eigenvalue weighted by Crippen LogP contribution is -2.30. The third kappa shape index (κ3) is 12.8.